The maximum atomic E-state index is 4.06. The monoisotopic (exact) mass is 215 g/mol. The highest BCUT2D eigenvalue weighted by atomic mass is 15.1. The third-order valence-electron chi connectivity index (χ3n) is 3.66. The number of fused-ring (bicyclic) bond motifs is 1. The molecule has 16 heavy (non-hydrogen) atoms. The summed E-state index contributed by atoms with van der Waals surface area (Å²) in [6, 6.07) is 4.58. The molecule has 0 aromatic heterocycles. The van der Waals surface area contributed by atoms with Gasteiger partial charge in [-0.05, 0) is 48.9 Å². The standard InChI is InChI=1S/C15H21N/c1-5-14-12(4)6-7-13-8-9-16(11(2)3)10-15(13)14/h6-7H,2,5,8-10H2,1,3-4H3. The second-order valence-electron chi connectivity index (χ2n) is 4.76. The third-order valence-corrected chi connectivity index (χ3v) is 3.66. The summed E-state index contributed by atoms with van der Waals surface area (Å²) in [5.41, 5.74) is 7.26. The molecule has 0 N–H and O–H groups in total. The lowest BCUT2D eigenvalue weighted by Gasteiger charge is -2.32. The number of hydrogen-bond acceptors (Lipinski definition) is 1. The maximum Gasteiger partial charge on any atom is 0.0431 e. The van der Waals surface area contributed by atoms with Crippen molar-refractivity contribution in [2.24, 2.45) is 0 Å². The van der Waals surface area contributed by atoms with E-state index in [0.29, 0.717) is 0 Å². The summed E-state index contributed by atoms with van der Waals surface area (Å²) in [6.07, 6.45) is 2.30. The summed E-state index contributed by atoms with van der Waals surface area (Å²) in [5, 5.41) is 0. The van der Waals surface area contributed by atoms with Crippen molar-refractivity contribution < 1.29 is 0 Å². The van der Waals surface area contributed by atoms with E-state index in [9.17, 15) is 0 Å². The lowest BCUT2D eigenvalue weighted by Crippen LogP contribution is -2.29. The van der Waals surface area contributed by atoms with Gasteiger partial charge < -0.3 is 4.90 Å². The molecule has 2 rings (SSSR count). The van der Waals surface area contributed by atoms with Crippen molar-refractivity contribution in [1.82, 2.24) is 4.90 Å². The van der Waals surface area contributed by atoms with Crippen LogP contribution in [0.5, 0.6) is 0 Å². The summed E-state index contributed by atoms with van der Waals surface area (Å²) in [7, 11) is 0. The van der Waals surface area contributed by atoms with Gasteiger partial charge in [0.2, 0.25) is 0 Å². The van der Waals surface area contributed by atoms with Gasteiger partial charge in [-0.15, -0.1) is 0 Å². The lowest BCUT2D eigenvalue weighted by atomic mass is 9.90. The highest BCUT2D eigenvalue weighted by molar-refractivity contribution is 5.42. The molecule has 0 bridgehead atoms. The summed E-state index contributed by atoms with van der Waals surface area (Å²) in [4.78, 5) is 2.39. The summed E-state index contributed by atoms with van der Waals surface area (Å²) >= 11 is 0. The van der Waals surface area contributed by atoms with E-state index >= 15 is 0 Å². The highest BCUT2D eigenvalue weighted by Crippen LogP contribution is 2.27. The van der Waals surface area contributed by atoms with E-state index in [1.165, 1.54) is 11.3 Å². The van der Waals surface area contributed by atoms with Crippen LogP contribution >= 0.6 is 0 Å². The Morgan fingerprint density at radius 3 is 2.81 bits per heavy atom. The zero-order valence-corrected chi connectivity index (χ0v) is 10.6. The lowest BCUT2D eigenvalue weighted by molar-refractivity contribution is 0.323. The van der Waals surface area contributed by atoms with Crippen LogP contribution in [0.25, 0.3) is 0 Å². The Bertz CT molecular complexity index is 418. The van der Waals surface area contributed by atoms with Crippen LogP contribution in [0.1, 0.15) is 36.1 Å². The average molecular weight is 215 g/mol. The normalized spacial score (nSPS) is 14.8. The van der Waals surface area contributed by atoms with Crippen LogP contribution in [-0.2, 0) is 19.4 Å². The first kappa shape index (κ1) is 11.3. The van der Waals surface area contributed by atoms with Crippen LogP contribution in [0.2, 0.25) is 0 Å². The van der Waals surface area contributed by atoms with E-state index in [2.05, 4.69) is 44.4 Å². The Morgan fingerprint density at radius 2 is 2.19 bits per heavy atom. The smallest absolute Gasteiger partial charge is 0.0431 e. The first-order chi connectivity index (χ1) is 7.63. The number of aryl methyl sites for hydroxylation is 1. The molecule has 1 aromatic rings. The molecule has 0 radical (unpaired) electrons. The minimum atomic E-state index is 1.05. The van der Waals surface area contributed by atoms with Gasteiger partial charge >= 0.3 is 0 Å². The first-order valence-corrected chi connectivity index (χ1v) is 6.14. The molecule has 0 fully saturated rings. The zero-order valence-electron chi connectivity index (χ0n) is 10.6. The molecule has 0 saturated heterocycles. The van der Waals surface area contributed by atoms with Gasteiger partial charge in [0.25, 0.3) is 0 Å². The van der Waals surface area contributed by atoms with Crippen molar-refractivity contribution in [3.8, 4) is 0 Å². The predicted octanol–water partition coefficient (Wildman–Crippen LogP) is 3.45. The second-order valence-corrected chi connectivity index (χ2v) is 4.76. The molecule has 1 aromatic carbocycles. The SMILES string of the molecule is C=C(C)N1CCc2ccc(C)c(CC)c2C1. The van der Waals surface area contributed by atoms with Gasteiger partial charge in [-0.2, -0.15) is 0 Å². The molecule has 0 unspecified atom stereocenters. The molecular formula is C15H21N. The largest absolute Gasteiger partial charge is 0.371 e. The van der Waals surface area contributed by atoms with Crippen molar-refractivity contribution in [2.75, 3.05) is 6.54 Å². The summed E-state index contributed by atoms with van der Waals surface area (Å²) in [6.45, 7) is 12.8. The summed E-state index contributed by atoms with van der Waals surface area (Å²) < 4.78 is 0. The van der Waals surface area contributed by atoms with Gasteiger partial charge in [0, 0.05) is 18.8 Å². The Hall–Kier alpha value is -1.24. The van der Waals surface area contributed by atoms with Crippen molar-refractivity contribution in [3.05, 3.63) is 46.7 Å². The van der Waals surface area contributed by atoms with Crippen molar-refractivity contribution in [3.63, 3.8) is 0 Å². The van der Waals surface area contributed by atoms with E-state index in [1.54, 1.807) is 16.7 Å². The molecule has 86 valence electrons. The van der Waals surface area contributed by atoms with Crippen LogP contribution < -0.4 is 0 Å². The molecule has 0 saturated carbocycles. The molecular weight excluding hydrogens is 194 g/mol. The van der Waals surface area contributed by atoms with Gasteiger partial charge in [-0.1, -0.05) is 25.6 Å². The van der Waals surface area contributed by atoms with Crippen LogP contribution in [-0.4, -0.2) is 11.4 Å². The molecule has 1 heterocycles. The fourth-order valence-corrected chi connectivity index (χ4v) is 2.63. The van der Waals surface area contributed by atoms with Crippen molar-refractivity contribution in [2.45, 2.75) is 40.2 Å². The van der Waals surface area contributed by atoms with Gasteiger partial charge in [-0.3, -0.25) is 0 Å². The molecule has 1 aliphatic heterocycles. The topological polar surface area (TPSA) is 3.24 Å². The Kier molecular flexibility index (Phi) is 3.04. The second kappa shape index (κ2) is 4.32. The maximum absolute atomic E-state index is 4.06. The van der Waals surface area contributed by atoms with Crippen LogP contribution in [0.15, 0.2) is 24.4 Å². The fourth-order valence-electron chi connectivity index (χ4n) is 2.63. The molecule has 1 heteroatoms. The number of rotatable bonds is 2. The first-order valence-electron chi connectivity index (χ1n) is 6.14. The fraction of sp³-hybridized carbons (Fsp3) is 0.467. The number of nitrogens with zero attached hydrogens (tertiary/aromatic N) is 1. The third kappa shape index (κ3) is 1.87. The average Bonchev–Trinajstić information content (AvgIpc) is 2.28. The number of benzene rings is 1. The molecule has 0 amide bonds. The predicted molar refractivity (Wildman–Crippen MR) is 69.5 cm³/mol. The van der Waals surface area contributed by atoms with E-state index in [4.69, 9.17) is 0 Å². The van der Waals surface area contributed by atoms with Crippen molar-refractivity contribution >= 4 is 0 Å². The zero-order chi connectivity index (χ0) is 11.7. The van der Waals surface area contributed by atoms with Gasteiger partial charge in [0.05, 0.1) is 0 Å². The van der Waals surface area contributed by atoms with Gasteiger partial charge in [0.1, 0.15) is 0 Å². The van der Waals surface area contributed by atoms with Gasteiger partial charge in [-0.25, -0.2) is 0 Å². The number of allylic oxidation sites excluding steroid dienone is 1. The van der Waals surface area contributed by atoms with Crippen LogP contribution in [0.4, 0.5) is 0 Å². The molecule has 0 aliphatic carbocycles. The van der Waals surface area contributed by atoms with E-state index in [0.717, 1.165) is 25.9 Å². The summed E-state index contributed by atoms with van der Waals surface area (Å²) in [5.74, 6) is 0. The minimum absolute atomic E-state index is 1.05. The van der Waals surface area contributed by atoms with Crippen LogP contribution in [0, 0.1) is 6.92 Å². The van der Waals surface area contributed by atoms with E-state index in [-0.39, 0.29) is 0 Å². The van der Waals surface area contributed by atoms with Gasteiger partial charge in [0.15, 0.2) is 0 Å². The minimum Gasteiger partial charge on any atom is -0.371 e. The van der Waals surface area contributed by atoms with Crippen molar-refractivity contribution in [1.29, 1.82) is 0 Å². The Labute approximate surface area is 98.8 Å². The quantitative estimate of drug-likeness (QED) is 0.730. The Balaban J connectivity index is 2.41. The van der Waals surface area contributed by atoms with E-state index < -0.39 is 0 Å². The van der Waals surface area contributed by atoms with Crippen LogP contribution in [0.3, 0.4) is 0 Å². The molecule has 0 spiro atoms. The number of hydrogen-bond donors (Lipinski definition) is 0. The van der Waals surface area contributed by atoms with E-state index in [1.807, 2.05) is 0 Å². The highest BCUT2D eigenvalue weighted by Gasteiger charge is 2.18. The molecule has 1 nitrogen and oxygen atoms in total. The molecule has 1 aliphatic rings. The Morgan fingerprint density at radius 1 is 1.44 bits per heavy atom. The molecule has 0 atom stereocenters.